The van der Waals surface area contributed by atoms with E-state index in [2.05, 4.69) is 0 Å². The summed E-state index contributed by atoms with van der Waals surface area (Å²) in [6.07, 6.45) is 0. The fraction of sp³-hybridized carbons (Fsp3) is 0.500. The second-order valence-corrected chi connectivity index (χ2v) is 6.06. The standard InChI is InChI=1S/C12H18F2NO3P/c1-4-17-19(16,18-5-2)12(15)10-9(13)7-6-8(3)11(10)14/h6-7,12H,4-5,15H2,1-3H3/t12-/m0/s1. The van der Waals surface area contributed by atoms with Crippen LogP contribution in [0.4, 0.5) is 8.78 Å². The highest BCUT2D eigenvalue weighted by Gasteiger charge is 2.37. The number of rotatable bonds is 6. The van der Waals surface area contributed by atoms with E-state index in [-0.39, 0.29) is 18.8 Å². The molecule has 0 saturated carbocycles. The number of halogens is 2. The van der Waals surface area contributed by atoms with Crippen LogP contribution in [-0.4, -0.2) is 13.2 Å². The van der Waals surface area contributed by atoms with Crippen LogP contribution in [0.2, 0.25) is 0 Å². The van der Waals surface area contributed by atoms with Gasteiger partial charge in [-0.05, 0) is 32.4 Å². The van der Waals surface area contributed by atoms with Crippen LogP contribution in [0.5, 0.6) is 0 Å². The Bertz CT molecular complexity index is 486. The SMILES string of the molecule is CCOP(=O)(OCC)[C@H](N)c1c(F)ccc(C)c1F. The molecule has 0 radical (unpaired) electrons. The minimum atomic E-state index is -3.81. The summed E-state index contributed by atoms with van der Waals surface area (Å²) in [6, 6.07) is 2.36. The van der Waals surface area contributed by atoms with Gasteiger partial charge in [-0.15, -0.1) is 0 Å². The lowest BCUT2D eigenvalue weighted by Crippen LogP contribution is -2.18. The van der Waals surface area contributed by atoms with Crippen molar-refractivity contribution in [2.75, 3.05) is 13.2 Å². The van der Waals surface area contributed by atoms with Gasteiger partial charge in [0.2, 0.25) is 0 Å². The van der Waals surface area contributed by atoms with E-state index < -0.39 is 30.6 Å². The van der Waals surface area contributed by atoms with Crippen molar-refractivity contribution in [3.63, 3.8) is 0 Å². The van der Waals surface area contributed by atoms with Gasteiger partial charge in [0, 0.05) is 0 Å². The first kappa shape index (κ1) is 16.2. The molecule has 2 N–H and O–H groups in total. The lowest BCUT2D eigenvalue weighted by Gasteiger charge is -2.24. The highest BCUT2D eigenvalue weighted by atomic mass is 31.2. The normalized spacial score (nSPS) is 13.6. The first-order chi connectivity index (χ1) is 8.87. The van der Waals surface area contributed by atoms with Crippen molar-refractivity contribution in [3.8, 4) is 0 Å². The van der Waals surface area contributed by atoms with E-state index in [9.17, 15) is 13.3 Å². The molecule has 0 heterocycles. The molecule has 7 heteroatoms. The van der Waals surface area contributed by atoms with Crippen molar-refractivity contribution in [1.29, 1.82) is 0 Å². The molecule has 4 nitrogen and oxygen atoms in total. The van der Waals surface area contributed by atoms with Gasteiger partial charge in [-0.1, -0.05) is 6.07 Å². The molecule has 0 amide bonds. The minimum Gasteiger partial charge on any atom is -0.314 e. The summed E-state index contributed by atoms with van der Waals surface area (Å²) >= 11 is 0. The van der Waals surface area contributed by atoms with Gasteiger partial charge < -0.3 is 14.8 Å². The Kier molecular flexibility index (Phi) is 5.62. The monoisotopic (exact) mass is 293 g/mol. The Balaban J connectivity index is 3.28. The molecule has 0 aliphatic carbocycles. The topological polar surface area (TPSA) is 61.5 Å². The van der Waals surface area contributed by atoms with E-state index in [1.165, 1.54) is 13.0 Å². The van der Waals surface area contributed by atoms with Gasteiger partial charge in [0.05, 0.1) is 18.8 Å². The Hall–Kier alpha value is -0.810. The van der Waals surface area contributed by atoms with E-state index in [1.54, 1.807) is 13.8 Å². The Morgan fingerprint density at radius 1 is 1.26 bits per heavy atom. The molecule has 1 rings (SSSR count). The van der Waals surface area contributed by atoms with Gasteiger partial charge in [-0.2, -0.15) is 0 Å². The van der Waals surface area contributed by atoms with Crippen LogP contribution in [0.15, 0.2) is 12.1 Å². The molecule has 0 saturated heterocycles. The highest BCUT2D eigenvalue weighted by Crippen LogP contribution is 2.58. The van der Waals surface area contributed by atoms with E-state index in [4.69, 9.17) is 14.8 Å². The lowest BCUT2D eigenvalue weighted by molar-refractivity contribution is 0.211. The molecule has 0 aliphatic rings. The molecule has 19 heavy (non-hydrogen) atoms. The van der Waals surface area contributed by atoms with E-state index >= 15 is 0 Å². The first-order valence-electron chi connectivity index (χ1n) is 5.96. The van der Waals surface area contributed by atoms with Gasteiger partial charge in [0.15, 0.2) is 0 Å². The molecule has 108 valence electrons. The van der Waals surface area contributed by atoms with Crippen molar-refractivity contribution in [2.24, 2.45) is 5.73 Å². The lowest BCUT2D eigenvalue weighted by atomic mass is 10.1. The molecule has 0 fully saturated rings. The molecular weight excluding hydrogens is 275 g/mol. The molecule has 1 aromatic rings. The van der Waals surface area contributed by atoms with Gasteiger partial charge >= 0.3 is 7.60 Å². The zero-order chi connectivity index (χ0) is 14.6. The van der Waals surface area contributed by atoms with Crippen LogP contribution >= 0.6 is 7.60 Å². The summed E-state index contributed by atoms with van der Waals surface area (Å²) in [5.41, 5.74) is 5.47. The van der Waals surface area contributed by atoms with Crippen LogP contribution < -0.4 is 5.73 Å². The average Bonchev–Trinajstić information content (AvgIpc) is 2.35. The van der Waals surface area contributed by atoms with Crippen LogP contribution in [0.25, 0.3) is 0 Å². The van der Waals surface area contributed by atoms with Crippen LogP contribution in [0.1, 0.15) is 30.8 Å². The van der Waals surface area contributed by atoms with Crippen molar-refractivity contribution in [3.05, 3.63) is 34.9 Å². The predicted molar refractivity (Wildman–Crippen MR) is 68.9 cm³/mol. The molecular formula is C12H18F2NO3P. The summed E-state index contributed by atoms with van der Waals surface area (Å²) < 4.78 is 50.2. The second kappa shape index (κ2) is 6.57. The summed E-state index contributed by atoms with van der Waals surface area (Å²) in [6.45, 7) is 4.81. The van der Waals surface area contributed by atoms with Crippen molar-refractivity contribution in [2.45, 2.75) is 26.6 Å². The fourth-order valence-corrected chi connectivity index (χ4v) is 3.33. The third-order valence-electron chi connectivity index (χ3n) is 2.57. The molecule has 1 aromatic carbocycles. The molecule has 1 atom stereocenters. The van der Waals surface area contributed by atoms with Crippen LogP contribution in [0.3, 0.4) is 0 Å². The molecule has 0 aromatic heterocycles. The third-order valence-corrected chi connectivity index (χ3v) is 4.75. The number of aryl methyl sites for hydroxylation is 1. The van der Waals surface area contributed by atoms with E-state index in [0.29, 0.717) is 0 Å². The number of nitrogens with two attached hydrogens (primary N) is 1. The number of benzene rings is 1. The van der Waals surface area contributed by atoms with Crippen molar-refractivity contribution >= 4 is 7.60 Å². The van der Waals surface area contributed by atoms with Crippen molar-refractivity contribution in [1.82, 2.24) is 0 Å². The summed E-state index contributed by atoms with van der Waals surface area (Å²) in [5.74, 6) is -3.19. The Morgan fingerprint density at radius 2 is 1.79 bits per heavy atom. The maximum absolute atomic E-state index is 14.0. The summed E-state index contributed by atoms with van der Waals surface area (Å²) in [5, 5.41) is 0. The molecule has 0 bridgehead atoms. The minimum absolute atomic E-state index is 0.0695. The van der Waals surface area contributed by atoms with Gasteiger partial charge in [0.25, 0.3) is 0 Å². The van der Waals surface area contributed by atoms with Crippen LogP contribution in [-0.2, 0) is 13.6 Å². The summed E-state index contributed by atoms with van der Waals surface area (Å²) in [7, 11) is -3.81. The summed E-state index contributed by atoms with van der Waals surface area (Å²) in [4.78, 5) is 0. The average molecular weight is 293 g/mol. The van der Waals surface area contributed by atoms with Gasteiger partial charge in [-0.25, -0.2) is 8.78 Å². The second-order valence-electron chi connectivity index (χ2n) is 3.91. The Labute approximate surface area is 111 Å². The molecule has 0 aliphatic heterocycles. The van der Waals surface area contributed by atoms with E-state index in [0.717, 1.165) is 6.07 Å². The van der Waals surface area contributed by atoms with Gasteiger partial charge in [0.1, 0.15) is 17.4 Å². The first-order valence-corrected chi connectivity index (χ1v) is 7.57. The zero-order valence-electron chi connectivity index (χ0n) is 11.2. The van der Waals surface area contributed by atoms with Crippen molar-refractivity contribution < 1.29 is 22.4 Å². The smallest absolute Gasteiger partial charge is 0.314 e. The quantitative estimate of drug-likeness (QED) is 0.815. The van der Waals surface area contributed by atoms with E-state index in [1.807, 2.05) is 0 Å². The maximum atomic E-state index is 14.0. The van der Waals surface area contributed by atoms with Crippen LogP contribution in [0, 0.1) is 18.6 Å². The number of hydrogen-bond acceptors (Lipinski definition) is 4. The fourth-order valence-electron chi connectivity index (χ4n) is 1.67. The number of hydrogen-bond donors (Lipinski definition) is 1. The van der Waals surface area contributed by atoms with Gasteiger partial charge in [-0.3, -0.25) is 4.57 Å². The predicted octanol–water partition coefficient (Wildman–Crippen LogP) is 3.50. The zero-order valence-corrected chi connectivity index (χ0v) is 12.0. The third kappa shape index (κ3) is 3.39. The molecule has 0 unspecified atom stereocenters. The largest absolute Gasteiger partial charge is 0.351 e. The highest BCUT2D eigenvalue weighted by molar-refractivity contribution is 7.54. The maximum Gasteiger partial charge on any atom is 0.351 e. The Morgan fingerprint density at radius 3 is 2.26 bits per heavy atom. The molecule has 0 spiro atoms.